The zero-order valence-corrected chi connectivity index (χ0v) is 19.7. The van der Waals surface area contributed by atoms with E-state index >= 15 is 0 Å². The molecular weight excluding hydrogens is 450 g/mol. The van der Waals surface area contributed by atoms with E-state index in [1.807, 2.05) is 34.9 Å². The SMILES string of the molecule is COc1cccc(OC)c1-n1c(CS(=O)(=O)CCc2ccc(Cl)cc2)nnc1C1CCC1. The second-order valence-electron chi connectivity index (χ2n) is 7.92. The molecule has 2 aromatic carbocycles. The quantitative estimate of drug-likeness (QED) is 0.457. The highest BCUT2D eigenvalue weighted by molar-refractivity contribution is 7.90. The summed E-state index contributed by atoms with van der Waals surface area (Å²) in [6, 6.07) is 12.7. The van der Waals surface area contributed by atoms with Crippen molar-refractivity contribution in [1.82, 2.24) is 14.8 Å². The number of sulfone groups is 1. The third kappa shape index (κ3) is 4.76. The Balaban J connectivity index is 1.68. The van der Waals surface area contributed by atoms with Gasteiger partial charge in [-0.1, -0.05) is 36.2 Å². The zero-order valence-electron chi connectivity index (χ0n) is 18.1. The van der Waals surface area contributed by atoms with Gasteiger partial charge in [-0.25, -0.2) is 8.42 Å². The van der Waals surface area contributed by atoms with Gasteiger partial charge in [-0.2, -0.15) is 0 Å². The van der Waals surface area contributed by atoms with E-state index in [0.29, 0.717) is 34.5 Å². The molecule has 7 nitrogen and oxygen atoms in total. The Morgan fingerprint density at radius 2 is 1.69 bits per heavy atom. The molecule has 32 heavy (non-hydrogen) atoms. The summed E-state index contributed by atoms with van der Waals surface area (Å²) < 4.78 is 39.0. The van der Waals surface area contributed by atoms with Crippen molar-refractivity contribution >= 4 is 21.4 Å². The van der Waals surface area contributed by atoms with Crippen molar-refractivity contribution in [2.45, 2.75) is 37.4 Å². The number of hydrogen-bond acceptors (Lipinski definition) is 6. The van der Waals surface area contributed by atoms with Gasteiger partial charge < -0.3 is 9.47 Å². The summed E-state index contributed by atoms with van der Waals surface area (Å²) in [5, 5.41) is 9.33. The molecule has 9 heteroatoms. The maximum Gasteiger partial charge on any atom is 0.157 e. The third-order valence-electron chi connectivity index (χ3n) is 5.81. The molecule has 1 aliphatic rings. The van der Waals surface area contributed by atoms with Gasteiger partial charge in [-0.15, -0.1) is 10.2 Å². The minimum atomic E-state index is -3.45. The van der Waals surface area contributed by atoms with Crippen LogP contribution in [0.3, 0.4) is 0 Å². The van der Waals surface area contributed by atoms with Gasteiger partial charge in [0.05, 0.1) is 20.0 Å². The minimum Gasteiger partial charge on any atom is -0.494 e. The van der Waals surface area contributed by atoms with Gasteiger partial charge in [0, 0.05) is 10.9 Å². The largest absolute Gasteiger partial charge is 0.494 e. The van der Waals surface area contributed by atoms with Crippen LogP contribution in [-0.4, -0.2) is 43.2 Å². The van der Waals surface area contributed by atoms with E-state index in [0.717, 1.165) is 30.7 Å². The predicted molar refractivity (Wildman–Crippen MR) is 124 cm³/mol. The first-order chi connectivity index (χ1) is 15.4. The Labute approximate surface area is 193 Å². The van der Waals surface area contributed by atoms with Crippen molar-refractivity contribution in [3.63, 3.8) is 0 Å². The van der Waals surface area contributed by atoms with E-state index in [4.69, 9.17) is 21.1 Å². The van der Waals surface area contributed by atoms with Crippen LogP contribution in [0.1, 0.15) is 42.4 Å². The van der Waals surface area contributed by atoms with Crippen LogP contribution in [0.2, 0.25) is 5.02 Å². The molecule has 4 rings (SSSR count). The van der Waals surface area contributed by atoms with E-state index in [1.54, 1.807) is 26.4 Å². The van der Waals surface area contributed by atoms with Gasteiger partial charge in [-0.05, 0) is 49.1 Å². The minimum absolute atomic E-state index is 0.00329. The van der Waals surface area contributed by atoms with Gasteiger partial charge in [-0.3, -0.25) is 4.57 Å². The highest BCUT2D eigenvalue weighted by atomic mass is 35.5. The summed E-state index contributed by atoms with van der Waals surface area (Å²) in [5.74, 6) is 2.29. The average Bonchev–Trinajstić information content (AvgIpc) is 3.13. The topological polar surface area (TPSA) is 83.3 Å². The standard InChI is InChI=1S/C23H26ClN3O4S/c1-30-19-7-4-8-20(31-2)22(19)27-21(25-26-23(27)17-5-3-6-17)15-32(28,29)14-13-16-9-11-18(24)12-10-16/h4,7-12,17H,3,5-6,13-15H2,1-2H3. The number of aryl methyl sites for hydroxylation is 1. The van der Waals surface area contributed by atoms with Crippen molar-refractivity contribution in [2.75, 3.05) is 20.0 Å². The van der Waals surface area contributed by atoms with Crippen LogP contribution < -0.4 is 9.47 Å². The van der Waals surface area contributed by atoms with Crippen molar-refractivity contribution in [2.24, 2.45) is 0 Å². The van der Waals surface area contributed by atoms with Crippen molar-refractivity contribution in [3.05, 3.63) is 64.7 Å². The van der Waals surface area contributed by atoms with Gasteiger partial charge in [0.2, 0.25) is 0 Å². The van der Waals surface area contributed by atoms with Crippen LogP contribution in [-0.2, 0) is 22.0 Å². The molecule has 1 fully saturated rings. The fraction of sp³-hybridized carbons (Fsp3) is 0.391. The van der Waals surface area contributed by atoms with Crippen LogP contribution in [0.5, 0.6) is 11.5 Å². The fourth-order valence-corrected chi connectivity index (χ4v) is 5.24. The molecule has 0 spiro atoms. The van der Waals surface area contributed by atoms with Gasteiger partial charge in [0.15, 0.2) is 15.7 Å². The Morgan fingerprint density at radius 1 is 1.03 bits per heavy atom. The van der Waals surface area contributed by atoms with Gasteiger partial charge in [0.25, 0.3) is 0 Å². The molecule has 0 amide bonds. The number of aromatic nitrogens is 3. The number of para-hydroxylation sites is 1. The maximum absolute atomic E-state index is 13.0. The van der Waals surface area contributed by atoms with Gasteiger partial charge >= 0.3 is 0 Å². The predicted octanol–water partition coefficient (Wildman–Crippen LogP) is 4.36. The normalized spacial score (nSPS) is 14.2. The molecule has 3 aromatic rings. The number of rotatable bonds is 9. The molecule has 170 valence electrons. The molecule has 1 aliphatic carbocycles. The summed E-state index contributed by atoms with van der Waals surface area (Å²) in [5.41, 5.74) is 1.55. The lowest BCUT2D eigenvalue weighted by Crippen LogP contribution is -2.19. The Hall–Kier alpha value is -2.58. The van der Waals surface area contributed by atoms with Crippen LogP contribution in [0.25, 0.3) is 5.69 Å². The highest BCUT2D eigenvalue weighted by Crippen LogP contribution is 2.40. The second-order valence-corrected chi connectivity index (χ2v) is 10.5. The number of benzene rings is 2. The Bertz CT molecular complexity index is 1170. The molecular formula is C23H26ClN3O4S. The molecule has 0 aliphatic heterocycles. The van der Waals surface area contributed by atoms with Crippen LogP contribution in [0, 0.1) is 0 Å². The zero-order chi connectivity index (χ0) is 22.7. The lowest BCUT2D eigenvalue weighted by Gasteiger charge is -2.26. The van der Waals surface area contributed by atoms with Crippen LogP contribution >= 0.6 is 11.6 Å². The molecule has 0 saturated heterocycles. The molecule has 1 heterocycles. The van der Waals surface area contributed by atoms with E-state index in [-0.39, 0.29) is 17.4 Å². The summed E-state index contributed by atoms with van der Waals surface area (Å²) in [7, 11) is -0.296. The number of hydrogen-bond donors (Lipinski definition) is 0. The molecule has 1 saturated carbocycles. The first kappa shape index (κ1) is 22.6. The monoisotopic (exact) mass is 475 g/mol. The first-order valence-electron chi connectivity index (χ1n) is 10.5. The summed E-state index contributed by atoms with van der Waals surface area (Å²) >= 11 is 5.92. The van der Waals surface area contributed by atoms with E-state index < -0.39 is 9.84 Å². The lowest BCUT2D eigenvalue weighted by atomic mass is 9.84. The smallest absolute Gasteiger partial charge is 0.157 e. The van der Waals surface area contributed by atoms with E-state index in [9.17, 15) is 8.42 Å². The molecule has 1 aromatic heterocycles. The first-order valence-corrected chi connectivity index (χ1v) is 12.7. The van der Waals surface area contributed by atoms with Crippen molar-refractivity contribution < 1.29 is 17.9 Å². The molecule has 0 radical (unpaired) electrons. The van der Waals surface area contributed by atoms with Crippen molar-refractivity contribution in [1.29, 1.82) is 0 Å². The molecule has 0 N–H and O–H groups in total. The molecule has 0 unspecified atom stereocenters. The highest BCUT2D eigenvalue weighted by Gasteiger charge is 2.31. The Kier molecular flexibility index (Phi) is 6.71. The lowest BCUT2D eigenvalue weighted by molar-refractivity contribution is 0.378. The Morgan fingerprint density at radius 3 is 2.25 bits per heavy atom. The van der Waals surface area contributed by atoms with Crippen molar-refractivity contribution in [3.8, 4) is 17.2 Å². The summed E-state index contributed by atoms with van der Waals surface area (Å²) in [6.45, 7) is 0. The second kappa shape index (κ2) is 9.50. The van der Waals surface area contributed by atoms with E-state index in [1.165, 1.54) is 0 Å². The summed E-state index contributed by atoms with van der Waals surface area (Å²) in [6.07, 6.45) is 3.52. The van der Waals surface area contributed by atoms with Crippen LogP contribution in [0.15, 0.2) is 42.5 Å². The van der Waals surface area contributed by atoms with E-state index in [2.05, 4.69) is 10.2 Å². The molecule has 0 bridgehead atoms. The number of nitrogens with zero attached hydrogens (tertiary/aromatic N) is 3. The third-order valence-corrected chi connectivity index (χ3v) is 7.59. The van der Waals surface area contributed by atoms with Crippen LogP contribution in [0.4, 0.5) is 0 Å². The number of methoxy groups -OCH3 is 2. The average molecular weight is 476 g/mol. The number of ether oxygens (including phenoxy) is 2. The maximum atomic E-state index is 13.0. The fourth-order valence-electron chi connectivity index (χ4n) is 3.84. The number of halogens is 1. The summed E-state index contributed by atoms with van der Waals surface area (Å²) in [4.78, 5) is 0. The van der Waals surface area contributed by atoms with Gasteiger partial charge in [0.1, 0.15) is 28.8 Å². The molecule has 0 atom stereocenters.